The number of piperazine rings is 1. The van der Waals surface area contributed by atoms with E-state index in [0.717, 1.165) is 42.5 Å². The highest BCUT2D eigenvalue weighted by Gasteiger charge is 2.26. The molecule has 1 saturated heterocycles. The van der Waals surface area contributed by atoms with Crippen molar-refractivity contribution in [1.82, 2.24) is 19.9 Å². The SMILES string of the molecule is C=CC=O.COc1ccc(-c2cnc(N3CCN(C)C(C)C3)c(N(CCO)CCO)c2)nc1Nc1ncc(C(=O)Nc2c(F)cccc2Cl)s1. The van der Waals surface area contributed by atoms with Crippen LogP contribution in [-0.2, 0) is 4.79 Å². The number of carbonyl (C=O) groups is 2. The topological polar surface area (TPSA) is 156 Å². The van der Waals surface area contributed by atoms with Gasteiger partial charge in [0.25, 0.3) is 5.91 Å². The summed E-state index contributed by atoms with van der Waals surface area (Å²) in [5.41, 5.74) is 1.99. The van der Waals surface area contributed by atoms with Crippen LogP contribution >= 0.6 is 22.9 Å². The van der Waals surface area contributed by atoms with E-state index in [1.165, 1.54) is 37.6 Å². The maximum Gasteiger partial charge on any atom is 0.267 e. The first kappa shape index (κ1) is 38.1. The number of nitrogens with zero attached hydrogens (tertiary/aromatic N) is 6. The molecule has 0 spiro atoms. The number of likely N-dealkylation sites (N-methyl/N-ethyl adjacent to an activating group) is 1. The Kier molecular flexibility index (Phi) is 14.0. The smallest absolute Gasteiger partial charge is 0.267 e. The standard InChI is InChI=1S/C31H36ClFN8O4S.C3H4O/c1-19-18-41(10-9-39(19)2)29-24(40(11-13-42)12-14-43)15-20(16-34-29)23-7-8-25(45-3)28(36-23)38-31-35-17-26(46-31)30(44)37-27-21(32)5-4-6-22(27)33;1-2-3-4/h4-8,15-17,19,42-43H,9-14,18H2,1-3H3,(H,37,44)(H,35,36,38);2-3H,1H2. The minimum atomic E-state index is -0.644. The number of allylic oxidation sites excluding steroid dienone is 1. The van der Waals surface area contributed by atoms with Crippen molar-refractivity contribution >= 4 is 63.3 Å². The molecule has 4 heterocycles. The van der Waals surface area contributed by atoms with Gasteiger partial charge in [0.05, 0.1) is 48.6 Å². The van der Waals surface area contributed by atoms with Crippen LogP contribution in [0.4, 0.5) is 32.5 Å². The molecule has 16 heteroatoms. The van der Waals surface area contributed by atoms with Crippen molar-refractivity contribution in [1.29, 1.82) is 0 Å². The Morgan fingerprint density at radius 2 is 1.94 bits per heavy atom. The number of hydrogen-bond donors (Lipinski definition) is 4. The quantitative estimate of drug-likeness (QED) is 0.111. The van der Waals surface area contributed by atoms with Crippen LogP contribution in [-0.4, -0.2) is 108 Å². The van der Waals surface area contributed by atoms with Crippen LogP contribution < -0.4 is 25.2 Å². The number of para-hydroxylation sites is 1. The Labute approximate surface area is 299 Å². The molecular formula is C34H40ClFN8O5S. The highest BCUT2D eigenvalue weighted by molar-refractivity contribution is 7.17. The Bertz CT molecular complexity index is 1750. The first-order chi connectivity index (χ1) is 24.1. The van der Waals surface area contributed by atoms with Crippen molar-refractivity contribution < 1.29 is 28.9 Å². The van der Waals surface area contributed by atoms with E-state index in [0.29, 0.717) is 53.4 Å². The molecule has 1 aliphatic rings. The van der Waals surface area contributed by atoms with Crippen LogP contribution in [0.3, 0.4) is 0 Å². The summed E-state index contributed by atoms with van der Waals surface area (Å²) < 4.78 is 19.7. The van der Waals surface area contributed by atoms with Gasteiger partial charge in [-0.1, -0.05) is 35.6 Å². The lowest BCUT2D eigenvalue weighted by atomic mass is 10.1. The molecule has 0 radical (unpaired) electrons. The Morgan fingerprint density at radius 1 is 1.20 bits per heavy atom. The number of aliphatic hydroxyl groups is 2. The number of aliphatic hydroxyl groups excluding tert-OH is 2. The summed E-state index contributed by atoms with van der Waals surface area (Å²) in [5, 5.41) is 25.7. The number of carbonyl (C=O) groups excluding carboxylic acids is 2. The van der Waals surface area contributed by atoms with Gasteiger partial charge in [-0.3, -0.25) is 9.59 Å². The van der Waals surface area contributed by atoms with Gasteiger partial charge >= 0.3 is 0 Å². The number of amides is 1. The van der Waals surface area contributed by atoms with E-state index in [2.05, 4.69) is 46.0 Å². The summed E-state index contributed by atoms with van der Waals surface area (Å²) in [6.45, 7) is 8.24. The average Bonchev–Trinajstić information content (AvgIpc) is 3.59. The Morgan fingerprint density at radius 3 is 2.58 bits per heavy atom. The zero-order valence-corrected chi connectivity index (χ0v) is 29.5. The highest BCUT2D eigenvalue weighted by atomic mass is 35.5. The number of nitrogens with one attached hydrogen (secondary N) is 2. The lowest BCUT2D eigenvalue weighted by Crippen LogP contribution is -2.50. The average molecular weight is 727 g/mol. The van der Waals surface area contributed by atoms with Gasteiger partial charge < -0.3 is 40.3 Å². The number of rotatable bonds is 13. The van der Waals surface area contributed by atoms with E-state index in [1.54, 1.807) is 12.3 Å². The first-order valence-corrected chi connectivity index (χ1v) is 16.8. The molecule has 0 aliphatic carbocycles. The fraction of sp³-hybridized carbons (Fsp3) is 0.324. The maximum absolute atomic E-state index is 14.2. The Balaban J connectivity index is 0.00000133. The fourth-order valence-electron chi connectivity index (χ4n) is 5.09. The summed E-state index contributed by atoms with van der Waals surface area (Å²) in [7, 11) is 3.63. The van der Waals surface area contributed by atoms with Crippen molar-refractivity contribution in [3.8, 4) is 17.0 Å². The minimum absolute atomic E-state index is 0.0845. The molecule has 1 fully saturated rings. The lowest BCUT2D eigenvalue weighted by Gasteiger charge is -2.40. The molecule has 1 aromatic carbocycles. The van der Waals surface area contributed by atoms with Crippen molar-refractivity contribution in [3.05, 3.63) is 77.2 Å². The van der Waals surface area contributed by atoms with Crippen LogP contribution in [0.2, 0.25) is 5.02 Å². The molecule has 1 amide bonds. The van der Waals surface area contributed by atoms with E-state index in [1.807, 2.05) is 17.0 Å². The first-order valence-electron chi connectivity index (χ1n) is 15.7. The normalized spacial score (nSPS) is 14.3. The molecule has 266 valence electrons. The highest BCUT2D eigenvalue weighted by Crippen LogP contribution is 2.36. The van der Waals surface area contributed by atoms with Gasteiger partial charge in [0.2, 0.25) is 0 Å². The second-order valence-electron chi connectivity index (χ2n) is 11.1. The summed E-state index contributed by atoms with van der Waals surface area (Å²) in [4.78, 5) is 42.5. The predicted molar refractivity (Wildman–Crippen MR) is 196 cm³/mol. The predicted octanol–water partition coefficient (Wildman–Crippen LogP) is 4.70. The van der Waals surface area contributed by atoms with E-state index in [4.69, 9.17) is 31.1 Å². The molecule has 50 heavy (non-hydrogen) atoms. The maximum atomic E-state index is 14.2. The molecule has 0 saturated carbocycles. The number of benzene rings is 1. The van der Waals surface area contributed by atoms with Crippen molar-refractivity contribution in [3.63, 3.8) is 0 Å². The van der Waals surface area contributed by atoms with Gasteiger partial charge in [-0.2, -0.15) is 0 Å². The molecule has 1 aliphatic heterocycles. The molecular weight excluding hydrogens is 687 g/mol. The number of thiazole rings is 1. The number of aldehydes is 1. The lowest BCUT2D eigenvalue weighted by molar-refractivity contribution is -0.104. The molecule has 3 aromatic heterocycles. The third-order valence-electron chi connectivity index (χ3n) is 7.81. The number of halogens is 2. The summed E-state index contributed by atoms with van der Waals surface area (Å²) in [6.07, 6.45) is 4.97. The van der Waals surface area contributed by atoms with Crippen molar-refractivity contribution in [2.45, 2.75) is 13.0 Å². The van der Waals surface area contributed by atoms with Crippen molar-refractivity contribution in [2.75, 3.05) is 80.5 Å². The minimum Gasteiger partial charge on any atom is -0.493 e. The molecule has 5 rings (SSSR count). The molecule has 1 atom stereocenters. The van der Waals surface area contributed by atoms with Crippen LogP contribution in [0, 0.1) is 5.82 Å². The summed E-state index contributed by atoms with van der Waals surface area (Å²) in [6, 6.07) is 10.0. The van der Waals surface area contributed by atoms with E-state index in [-0.39, 0.29) is 28.8 Å². The van der Waals surface area contributed by atoms with Gasteiger partial charge in [0.15, 0.2) is 22.5 Å². The Hall–Kier alpha value is -4.67. The van der Waals surface area contributed by atoms with Crippen LogP contribution in [0.1, 0.15) is 16.6 Å². The van der Waals surface area contributed by atoms with Gasteiger partial charge in [0.1, 0.15) is 17.0 Å². The van der Waals surface area contributed by atoms with Crippen LogP contribution in [0.25, 0.3) is 11.3 Å². The molecule has 4 N–H and O–H groups in total. The molecule has 13 nitrogen and oxygen atoms in total. The van der Waals surface area contributed by atoms with Crippen LogP contribution in [0.15, 0.2) is 61.4 Å². The van der Waals surface area contributed by atoms with Gasteiger partial charge in [-0.25, -0.2) is 19.3 Å². The van der Waals surface area contributed by atoms with E-state index >= 15 is 0 Å². The molecule has 0 bridgehead atoms. The van der Waals surface area contributed by atoms with Gasteiger partial charge in [-0.05, 0) is 50.4 Å². The fourth-order valence-corrected chi connectivity index (χ4v) is 6.01. The van der Waals surface area contributed by atoms with Crippen LogP contribution in [0.5, 0.6) is 5.75 Å². The molecule has 1 unspecified atom stereocenters. The largest absolute Gasteiger partial charge is 0.493 e. The van der Waals surface area contributed by atoms with E-state index in [9.17, 15) is 19.4 Å². The number of hydrogen-bond acceptors (Lipinski definition) is 13. The van der Waals surface area contributed by atoms with E-state index < -0.39 is 11.7 Å². The second kappa shape index (κ2) is 18.4. The zero-order valence-electron chi connectivity index (χ0n) is 28.0. The third-order valence-corrected chi connectivity index (χ3v) is 9.04. The summed E-state index contributed by atoms with van der Waals surface area (Å²) in [5.74, 6) is 0.382. The number of ether oxygens (including phenoxy) is 1. The third kappa shape index (κ3) is 9.52. The monoisotopic (exact) mass is 726 g/mol. The number of aromatic nitrogens is 3. The summed E-state index contributed by atoms with van der Waals surface area (Å²) >= 11 is 7.11. The zero-order chi connectivity index (χ0) is 36.2. The van der Waals surface area contributed by atoms with Gasteiger partial charge in [0, 0.05) is 50.5 Å². The number of anilines is 5. The number of methoxy groups -OCH3 is 1. The number of pyridine rings is 2. The second-order valence-corrected chi connectivity index (χ2v) is 12.5. The van der Waals surface area contributed by atoms with Crippen molar-refractivity contribution in [2.24, 2.45) is 0 Å². The molecule has 4 aromatic rings. The van der Waals surface area contributed by atoms with Gasteiger partial charge in [-0.15, -0.1) is 0 Å².